The average Bonchev–Trinajstić information content (AvgIpc) is 3.13. The number of halogens is 4. The molecule has 168 valence electrons. The number of amides is 2. The Bertz CT molecular complexity index is 1170. The normalized spacial score (nSPS) is 11.8. The number of alkyl halides is 3. The summed E-state index contributed by atoms with van der Waals surface area (Å²) in [6.07, 6.45) is -5.00. The third-order valence-electron chi connectivity index (χ3n) is 4.27. The molecule has 0 spiro atoms. The minimum atomic E-state index is -5.00. The van der Waals surface area contributed by atoms with Gasteiger partial charge in [-0.05, 0) is 36.4 Å². The third kappa shape index (κ3) is 5.10. The molecule has 0 saturated heterocycles. The summed E-state index contributed by atoms with van der Waals surface area (Å²) in [7, 11) is 0. The number of benzene rings is 2. The van der Waals surface area contributed by atoms with E-state index in [2.05, 4.69) is 20.9 Å². The summed E-state index contributed by atoms with van der Waals surface area (Å²) >= 11 is 0. The number of anilines is 2. The van der Waals surface area contributed by atoms with Crippen molar-refractivity contribution in [3.05, 3.63) is 65.7 Å². The first-order valence-electron chi connectivity index (χ1n) is 9.38. The van der Waals surface area contributed by atoms with Gasteiger partial charge in [0.05, 0.1) is 5.69 Å². The highest BCUT2D eigenvalue weighted by Gasteiger charge is 2.42. The first kappa shape index (κ1) is 22.9. The second-order valence-corrected chi connectivity index (χ2v) is 7.92. The van der Waals surface area contributed by atoms with Gasteiger partial charge in [0.2, 0.25) is 5.91 Å². The van der Waals surface area contributed by atoms with Crippen LogP contribution in [0, 0.1) is 11.2 Å². The van der Waals surface area contributed by atoms with Crippen molar-refractivity contribution >= 4 is 23.2 Å². The number of rotatable bonds is 4. The fourth-order valence-electron chi connectivity index (χ4n) is 2.66. The van der Waals surface area contributed by atoms with Gasteiger partial charge in [-0.2, -0.15) is 13.2 Å². The molecule has 11 heteroatoms. The molecular formula is C21H19F4N5O2. The number of carbonyl (C=O) groups is 2. The minimum absolute atomic E-state index is 0.134. The maximum Gasteiger partial charge on any atom is 0.435 e. The quantitative estimate of drug-likeness (QED) is 0.567. The highest BCUT2D eigenvalue weighted by molar-refractivity contribution is 6.04. The Morgan fingerprint density at radius 3 is 2.16 bits per heavy atom. The highest BCUT2D eigenvalue weighted by atomic mass is 19.4. The molecule has 0 saturated carbocycles. The van der Waals surface area contributed by atoms with E-state index in [9.17, 15) is 27.2 Å². The molecule has 2 amide bonds. The molecule has 0 atom stereocenters. The predicted molar refractivity (Wildman–Crippen MR) is 109 cm³/mol. The van der Waals surface area contributed by atoms with Gasteiger partial charge in [0.25, 0.3) is 5.91 Å². The second kappa shape index (κ2) is 8.40. The molecule has 0 radical (unpaired) electrons. The molecule has 1 aromatic heterocycles. The zero-order chi connectivity index (χ0) is 23.7. The Morgan fingerprint density at radius 1 is 0.938 bits per heavy atom. The first-order chi connectivity index (χ1) is 14.9. The lowest BCUT2D eigenvalue weighted by molar-refractivity contribution is -0.143. The van der Waals surface area contributed by atoms with E-state index in [1.165, 1.54) is 30.3 Å². The predicted octanol–water partition coefficient (Wildman–Crippen LogP) is 4.66. The number of nitrogens with zero attached hydrogens (tertiary/aromatic N) is 3. The van der Waals surface area contributed by atoms with Crippen LogP contribution < -0.4 is 10.6 Å². The van der Waals surface area contributed by atoms with Gasteiger partial charge in [-0.15, -0.1) is 5.10 Å². The molecule has 2 N–H and O–H groups in total. The van der Waals surface area contributed by atoms with Crippen molar-refractivity contribution in [2.24, 2.45) is 5.41 Å². The van der Waals surface area contributed by atoms with E-state index in [0.29, 0.717) is 10.4 Å². The summed E-state index contributed by atoms with van der Waals surface area (Å²) < 4.78 is 55.0. The van der Waals surface area contributed by atoms with Crippen LogP contribution in [0.25, 0.3) is 5.69 Å². The van der Waals surface area contributed by atoms with Crippen LogP contribution in [0.5, 0.6) is 0 Å². The number of hydrogen-bond acceptors (Lipinski definition) is 4. The summed E-state index contributed by atoms with van der Waals surface area (Å²) in [5.74, 6) is -2.22. The van der Waals surface area contributed by atoms with Crippen molar-refractivity contribution in [3.63, 3.8) is 0 Å². The van der Waals surface area contributed by atoms with E-state index < -0.39 is 34.7 Å². The zero-order valence-electron chi connectivity index (χ0n) is 17.3. The molecule has 0 bridgehead atoms. The summed E-state index contributed by atoms with van der Waals surface area (Å²) in [5, 5.41) is 11.8. The van der Waals surface area contributed by atoms with E-state index in [-0.39, 0.29) is 17.3 Å². The standard InChI is InChI=1S/C21H19F4N5O2/c1-20(2,3)19(32)27-14-8-5-7-13(11-14)26-18(31)16-17(21(23,24)25)30(29-28-16)15-9-4-6-12(22)10-15/h4-11H,1-3H3,(H,26,31)(H,27,32). The van der Waals surface area contributed by atoms with Crippen LogP contribution >= 0.6 is 0 Å². The highest BCUT2D eigenvalue weighted by Crippen LogP contribution is 2.33. The summed E-state index contributed by atoms with van der Waals surface area (Å²) in [6, 6.07) is 10.2. The average molecular weight is 449 g/mol. The van der Waals surface area contributed by atoms with E-state index in [1.54, 1.807) is 26.8 Å². The molecule has 3 rings (SSSR count). The first-order valence-corrected chi connectivity index (χ1v) is 9.38. The third-order valence-corrected chi connectivity index (χ3v) is 4.27. The Morgan fingerprint density at radius 2 is 1.56 bits per heavy atom. The van der Waals surface area contributed by atoms with Crippen LogP contribution in [0.2, 0.25) is 0 Å². The molecule has 0 aliphatic carbocycles. The van der Waals surface area contributed by atoms with Crippen LogP contribution in [0.4, 0.5) is 28.9 Å². The van der Waals surface area contributed by atoms with E-state index >= 15 is 0 Å². The molecular weight excluding hydrogens is 430 g/mol. The lowest BCUT2D eigenvalue weighted by Crippen LogP contribution is -2.27. The minimum Gasteiger partial charge on any atom is -0.326 e. The monoisotopic (exact) mass is 449 g/mol. The van der Waals surface area contributed by atoms with Crippen molar-refractivity contribution in [3.8, 4) is 5.69 Å². The van der Waals surface area contributed by atoms with Gasteiger partial charge < -0.3 is 10.6 Å². The number of hydrogen-bond donors (Lipinski definition) is 2. The second-order valence-electron chi connectivity index (χ2n) is 7.92. The molecule has 0 aliphatic rings. The van der Waals surface area contributed by atoms with Crippen LogP contribution in [0.3, 0.4) is 0 Å². The zero-order valence-corrected chi connectivity index (χ0v) is 17.3. The lowest BCUT2D eigenvalue weighted by Gasteiger charge is -2.18. The topological polar surface area (TPSA) is 88.9 Å². The molecule has 0 unspecified atom stereocenters. The maximum absolute atomic E-state index is 13.7. The van der Waals surface area contributed by atoms with Gasteiger partial charge in [-0.3, -0.25) is 9.59 Å². The molecule has 7 nitrogen and oxygen atoms in total. The number of aromatic nitrogens is 3. The van der Waals surface area contributed by atoms with E-state index in [1.807, 2.05) is 0 Å². The molecule has 3 aromatic rings. The Labute approximate surface area is 180 Å². The van der Waals surface area contributed by atoms with Crippen molar-refractivity contribution in [2.75, 3.05) is 10.6 Å². The van der Waals surface area contributed by atoms with Gasteiger partial charge in [0.15, 0.2) is 11.4 Å². The van der Waals surface area contributed by atoms with E-state index in [4.69, 9.17) is 0 Å². The van der Waals surface area contributed by atoms with Crippen molar-refractivity contribution in [1.29, 1.82) is 0 Å². The van der Waals surface area contributed by atoms with Gasteiger partial charge in [-0.1, -0.05) is 38.1 Å². The fourth-order valence-corrected chi connectivity index (χ4v) is 2.66. The molecule has 1 heterocycles. The molecule has 0 aliphatic heterocycles. The van der Waals surface area contributed by atoms with Crippen molar-refractivity contribution in [1.82, 2.24) is 15.0 Å². The van der Waals surface area contributed by atoms with Gasteiger partial charge >= 0.3 is 6.18 Å². The van der Waals surface area contributed by atoms with Crippen LogP contribution in [0.15, 0.2) is 48.5 Å². The lowest BCUT2D eigenvalue weighted by atomic mass is 9.95. The Hall–Kier alpha value is -3.76. The summed E-state index contributed by atoms with van der Waals surface area (Å²) in [6.45, 7) is 5.15. The molecule has 0 fully saturated rings. The summed E-state index contributed by atoms with van der Waals surface area (Å²) in [5.41, 5.74) is -2.85. The van der Waals surface area contributed by atoms with E-state index in [0.717, 1.165) is 12.1 Å². The Kier molecular flexibility index (Phi) is 6.02. The fraction of sp³-hybridized carbons (Fsp3) is 0.238. The molecule has 32 heavy (non-hydrogen) atoms. The van der Waals surface area contributed by atoms with Crippen LogP contribution in [-0.4, -0.2) is 26.8 Å². The largest absolute Gasteiger partial charge is 0.435 e. The van der Waals surface area contributed by atoms with Gasteiger partial charge in [0, 0.05) is 16.8 Å². The van der Waals surface area contributed by atoms with Crippen molar-refractivity contribution < 1.29 is 27.2 Å². The number of carbonyl (C=O) groups excluding carboxylic acids is 2. The van der Waals surface area contributed by atoms with Crippen LogP contribution in [-0.2, 0) is 11.0 Å². The smallest absolute Gasteiger partial charge is 0.326 e. The van der Waals surface area contributed by atoms with Gasteiger partial charge in [-0.25, -0.2) is 9.07 Å². The number of nitrogens with one attached hydrogen (secondary N) is 2. The SMILES string of the molecule is CC(C)(C)C(=O)Nc1cccc(NC(=O)c2nnn(-c3cccc(F)c3)c2C(F)(F)F)c1. The Balaban J connectivity index is 1.91. The van der Waals surface area contributed by atoms with Crippen LogP contribution in [0.1, 0.15) is 37.0 Å². The molecule has 2 aromatic carbocycles. The van der Waals surface area contributed by atoms with Crippen molar-refractivity contribution in [2.45, 2.75) is 26.9 Å². The maximum atomic E-state index is 13.7. The summed E-state index contributed by atoms with van der Waals surface area (Å²) in [4.78, 5) is 24.7. The van der Waals surface area contributed by atoms with Gasteiger partial charge in [0.1, 0.15) is 5.82 Å².